The summed E-state index contributed by atoms with van der Waals surface area (Å²) in [4.78, 5) is 13.2. The van der Waals surface area contributed by atoms with E-state index >= 15 is 0 Å². The normalized spacial score (nSPS) is 16.2. The van der Waals surface area contributed by atoms with Crippen molar-refractivity contribution in [3.8, 4) is 11.3 Å². The Balaban J connectivity index is 1.61. The van der Waals surface area contributed by atoms with Crippen LogP contribution in [0.4, 0.5) is 0 Å². The van der Waals surface area contributed by atoms with Gasteiger partial charge in [-0.25, -0.2) is 0 Å². The summed E-state index contributed by atoms with van der Waals surface area (Å²) in [6.07, 6.45) is 10.9. The molecule has 1 fully saturated rings. The summed E-state index contributed by atoms with van der Waals surface area (Å²) in [6, 6.07) is 6.43. The molecule has 1 aromatic carbocycles. The Hall–Kier alpha value is -1.13. The lowest BCUT2D eigenvalue weighted by molar-refractivity contribution is 0.0943. The van der Waals surface area contributed by atoms with Crippen LogP contribution in [0, 0.1) is 5.92 Å². The fraction of sp³-hybridized carbons (Fsp3) is 0.565. The Bertz CT molecular complexity index is 855. The van der Waals surface area contributed by atoms with Crippen LogP contribution in [0.1, 0.15) is 79.4 Å². The maximum absolute atomic E-state index is 13.2. The number of unbranched alkanes of at least 4 members (excludes halogenated alkanes) is 2. The molecule has 2 aliphatic rings. The molecule has 2 aliphatic carbocycles. The molecule has 0 unspecified atom stereocenters. The number of hydrogen-bond acceptors (Lipinski definition) is 2. The summed E-state index contributed by atoms with van der Waals surface area (Å²) in [6.45, 7) is 0.853. The van der Waals surface area contributed by atoms with E-state index in [9.17, 15) is 4.79 Å². The lowest BCUT2D eigenvalue weighted by atomic mass is 9.85. The molecule has 0 aliphatic heterocycles. The first-order chi connectivity index (χ1) is 13.7. The van der Waals surface area contributed by atoms with Gasteiger partial charge >= 0.3 is 0 Å². The third-order valence-corrected chi connectivity index (χ3v) is 6.97. The highest BCUT2D eigenvalue weighted by atomic mass is 79.9. The van der Waals surface area contributed by atoms with Gasteiger partial charge in [-0.3, -0.25) is 9.48 Å². The number of hydrogen-bond donors (Lipinski definition) is 0. The molecule has 0 bridgehead atoms. The first-order valence-electron chi connectivity index (χ1n) is 10.6. The number of aryl methyl sites for hydroxylation is 1. The quantitative estimate of drug-likeness (QED) is 0.210. The topological polar surface area (TPSA) is 34.9 Å². The average Bonchev–Trinajstić information content (AvgIpc) is 3.23. The van der Waals surface area contributed by atoms with Gasteiger partial charge in [-0.1, -0.05) is 60.5 Å². The number of nitrogens with zero attached hydrogens (tertiary/aromatic N) is 2. The molecule has 28 heavy (non-hydrogen) atoms. The van der Waals surface area contributed by atoms with Crippen LogP contribution in [0.15, 0.2) is 22.7 Å². The number of Topliss-reactive ketones (excluding diaryl/α,β-unsaturated/α-hetero) is 1. The largest absolute Gasteiger partial charge is 0.292 e. The zero-order chi connectivity index (χ0) is 19.5. The lowest BCUT2D eigenvalue weighted by Gasteiger charge is -2.20. The van der Waals surface area contributed by atoms with Crippen molar-refractivity contribution < 1.29 is 4.79 Å². The molecule has 150 valence electrons. The molecule has 0 spiro atoms. The van der Waals surface area contributed by atoms with Gasteiger partial charge in [0.2, 0.25) is 0 Å². The summed E-state index contributed by atoms with van der Waals surface area (Å²) in [5.41, 5.74) is 5.57. The van der Waals surface area contributed by atoms with Crippen molar-refractivity contribution in [3.05, 3.63) is 39.5 Å². The fourth-order valence-corrected chi connectivity index (χ4v) is 5.36. The van der Waals surface area contributed by atoms with Gasteiger partial charge in [-0.15, -0.1) is 11.6 Å². The van der Waals surface area contributed by atoms with Gasteiger partial charge in [-0.05, 0) is 36.5 Å². The van der Waals surface area contributed by atoms with E-state index < -0.39 is 0 Å². The lowest BCUT2D eigenvalue weighted by Crippen LogP contribution is -2.14. The molecule has 0 amide bonds. The third kappa shape index (κ3) is 4.23. The number of aromatic nitrogens is 2. The second-order valence-corrected chi connectivity index (χ2v) is 9.55. The van der Waals surface area contributed by atoms with Crippen LogP contribution in [-0.2, 0) is 13.0 Å². The Morgan fingerprint density at radius 2 is 2.00 bits per heavy atom. The maximum Gasteiger partial charge on any atom is 0.183 e. The molecule has 1 heterocycles. The van der Waals surface area contributed by atoms with Gasteiger partial charge in [0.15, 0.2) is 5.78 Å². The van der Waals surface area contributed by atoms with E-state index in [-0.39, 0.29) is 5.78 Å². The minimum atomic E-state index is 0.245. The number of fused-ring (bicyclic) bond motifs is 3. The number of halogens is 2. The molecular weight excluding hydrogens is 436 g/mol. The van der Waals surface area contributed by atoms with E-state index in [0.29, 0.717) is 18.2 Å². The van der Waals surface area contributed by atoms with E-state index in [2.05, 4.69) is 38.8 Å². The predicted octanol–water partition coefficient (Wildman–Crippen LogP) is 6.78. The Morgan fingerprint density at radius 3 is 2.79 bits per heavy atom. The summed E-state index contributed by atoms with van der Waals surface area (Å²) in [5, 5.41) is 4.84. The minimum Gasteiger partial charge on any atom is -0.292 e. The molecule has 5 heteroatoms. The monoisotopic (exact) mass is 462 g/mol. The van der Waals surface area contributed by atoms with E-state index in [0.717, 1.165) is 48.0 Å². The van der Waals surface area contributed by atoms with Gasteiger partial charge in [0.25, 0.3) is 0 Å². The van der Waals surface area contributed by atoms with Crippen molar-refractivity contribution in [2.75, 3.05) is 5.88 Å². The SMILES string of the molecule is O=C(CC1CCCCC1)c1nn(CCCCCCl)c2c1Cc1cc(Br)ccc1-2. The van der Waals surface area contributed by atoms with Crippen molar-refractivity contribution in [2.45, 2.75) is 70.8 Å². The molecular formula is C23H28BrClN2O. The first kappa shape index (κ1) is 20.2. The van der Waals surface area contributed by atoms with Crippen LogP contribution in [0.5, 0.6) is 0 Å². The van der Waals surface area contributed by atoms with Crippen molar-refractivity contribution in [3.63, 3.8) is 0 Å². The third-order valence-electron chi connectivity index (χ3n) is 6.21. The van der Waals surface area contributed by atoms with Gasteiger partial charge in [0, 0.05) is 40.9 Å². The van der Waals surface area contributed by atoms with Crippen LogP contribution in [-0.4, -0.2) is 21.4 Å². The second kappa shape index (κ2) is 9.13. The van der Waals surface area contributed by atoms with Crippen molar-refractivity contribution in [2.24, 2.45) is 5.92 Å². The number of alkyl halides is 1. The van der Waals surface area contributed by atoms with Crippen molar-refractivity contribution in [1.82, 2.24) is 9.78 Å². The Kier molecular flexibility index (Phi) is 6.57. The van der Waals surface area contributed by atoms with Crippen LogP contribution < -0.4 is 0 Å². The number of ketones is 1. The van der Waals surface area contributed by atoms with E-state index in [4.69, 9.17) is 16.7 Å². The second-order valence-electron chi connectivity index (χ2n) is 8.26. The summed E-state index contributed by atoms with van der Waals surface area (Å²) in [5.74, 6) is 1.50. The highest BCUT2D eigenvalue weighted by Gasteiger charge is 2.31. The molecule has 1 saturated carbocycles. The number of rotatable bonds is 8. The van der Waals surface area contributed by atoms with Crippen LogP contribution in [0.25, 0.3) is 11.3 Å². The van der Waals surface area contributed by atoms with E-state index in [1.165, 1.54) is 48.9 Å². The van der Waals surface area contributed by atoms with E-state index in [1.807, 2.05) is 0 Å². The molecule has 4 rings (SSSR count). The fourth-order valence-electron chi connectivity index (χ4n) is 4.77. The Morgan fingerprint density at radius 1 is 1.18 bits per heavy atom. The number of carbonyl (C=O) groups excluding carboxylic acids is 1. The molecule has 2 aromatic rings. The maximum atomic E-state index is 13.2. The first-order valence-corrected chi connectivity index (χ1v) is 12.0. The van der Waals surface area contributed by atoms with Gasteiger partial charge in [0.1, 0.15) is 5.69 Å². The summed E-state index contributed by atoms with van der Waals surface area (Å²) in [7, 11) is 0. The zero-order valence-corrected chi connectivity index (χ0v) is 18.7. The minimum absolute atomic E-state index is 0.245. The summed E-state index contributed by atoms with van der Waals surface area (Å²) < 4.78 is 3.19. The van der Waals surface area contributed by atoms with Crippen LogP contribution in [0.2, 0.25) is 0 Å². The number of benzene rings is 1. The smallest absolute Gasteiger partial charge is 0.183 e. The van der Waals surface area contributed by atoms with Crippen molar-refractivity contribution >= 4 is 33.3 Å². The van der Waals surface area contributed by atoms with Gasteiger partial charge in [-0.2, -0.15) is 5.10 Å². The van der Waals surface area contributed by atoms with Gasteiger partial charge < -0.3 is 0 Å². The molecule has 0 N–H and O–H groups in total. The molecule has 1 aromatic heterocycles. The average molecular weight is 464 g/mol. The predicted molar refractivity (Wildman–Crippen MR) is 118 cm³/mol. The van der Waals surface area contributed by atoms with Crippen molar-refractivity contribution in [1.29, 1.82) is 0 Å². The van der Waals surface area contributed by atoms with Crippen LogP contribution in [0.3, 0.4) is 0 Å². The standard InChI is InChI=1S/C23H28BrClN2O/c24-18-9-10-19-17(14-18)15-20-22(21(28)13-16-7-3-1-4-8-16)26-27(23(19)20)12-6-2-5-11-25/h9-10,14,16H,1-8,11-13,15H2. The van der Waals surface area contributed by atoms with Crippen LogP contribution >= 0.6 is 27.5 Å². The van der Waals surface area contributed by atoms with E-state index in [1.54, 1.807) is 0 Å². The van der Waals surface area contributed by atoms with Gasteiger partial charge in [0.05, 0.1) is 5.69 Å². The highest BCUT2D eigenvalue weighted by Crippen LogP contribution is 2.40. The number of carbonyl (C=O) groups is 1. The molecule has 0 saturated heterocycles. The highest BCUT2D eigenvalue weighted by molar-refractivity contribution is 9.10. The molecule has 0 radical (unpaired) electrons. The molecule has 3 nitrogen and oxygen atoms in total. The molecule has 0 atom stereocenters. The zero-order valence-electron chi connectivity index (χ0n) is 16.4. The Labute approximate surface area is 181 Å². The summed E-state index contributed by atoms with van der Waals surface area (Å²) >= 11 is 9.41.